The first-order valence-corrected chi connectivity index (χ1v) is 15.4. The van der Waals surface area contributed by atoms with Gasteiger partial charge in [-0.25, -0.2) is 8.42 Å². The van der Waals surface area contributed by atoms with Crippen molar-refractivity contribution in [2.45, 2.75) is 23.9 Å². The minimum absolute atomic E-state index is 0.134. The molecule has 42 heavy (non-hydrogen) atoms. The Morgan fingerprint density at radius 1 is 1.00 bits per heavy atom. The Hall–Kier alpha value is -3.70. The van der Waals surface area contributed by atoms with Crippen molar-refractivity contribution in [2.75, 3.05) is 39.5 Å². The lowest BCUT2D eigenvalue weighted by atomic mass is 10.0. The highest BCUT2D eigenvalue weighted by atomic mass is 35.5. The molecule has 3 aromatic carbocycles. The van der Waals surface area contributed by atoms with Gasteiger partial charge in [-0.2, -0.15) is 4.31 Å². The van der Waals surface area contributed by atoms with Crippen molar-refractivity contribution in [2.24, 2.45) is 0 Å². The monoisotopic (exact) mass is 611 g/mol. The molecular weight excluding hydrogens is 578 g/mol. The van der Waals surface area contributed by atoms with Crippen LogP contribution in [0.3, 0.4) is 0 Å². The highest BCUT2D eigenvalue weighted by Crippen LogP contribution is 2.22. The van der Waals surface area contributed by atoms with E-state index in [1.54, 1.807) is 30.3 Å². The summed E-state index contributed by atoms with van der Waals surface area (Å²) in [6, 6.07) is 21.6. The SMILES string of the molecule is C=CCNC(=O)[C@@H](Cc1ccccc1)N(Cc1ccc(Cl)cc1)C(=O)COc1ccc(S(=O)(=O)N2CCOCC2)cc1. The average molecular weight is 612 g/mol. The van der Waals surface area contributed by atoms with Gasteiger partial charge in [-0.3, -0.25) is 9.59 Å². The molecule has 1 aliphatic rings. The minimum atomic E-state index is -3.66. The van der Waals surface area contributed by atoms with Gasteiger partial charge in [0.25, 0.3) is 5.91 Å². The zero-order chi connectivity index (χ0) is 30.0. The molecule has 1 fully saturated rings. The van der Waals surface area contributed by atoms with Gasteiger partial charge < -0.3 is 19.7 Å². The molecule has 1 saturated heterocycles. The van der Waals surface area contributed by atoms with Crippen LogP contribution in [0.25, 0.3) is 0 Å². The number of hydrogen-bond acceptors (Lipinski definition) is 6. The van der Waals surface area contributed by atoms with Crippen LogP contribution in [0.5, 0.6) is 5.75 Å². The molecule has 0 unspecified atom stereocenters. The van der Waals surface area contributed by atoms with Gasteiger partial charge in [0.2, 0.25) is 15.9 Å². The topological polar surface area (TPSA) is 105 Å². The maximum absolute atomic E-state index is 13.7. The van der Waals surface area contributed by atoms with Gasteiger partial charge in [-0.05, 0) is 47.5 Å². The van der Waals surface area contributed by atoms with Crippen LogP contribution in [-0.4, -0.2) is 74.9 Å². The molecule has 0 bridgehead atoms. The van der Waals surface area contributed by atoms with E-state index in [-0.39, 0.29) is 36.9 Å². The number of ether oxygens (including phenoxy) is 2. The molecule has 0 radical (unpaired) electrons. The molecule has 9 nitrogen and oxygen atoms in total. The van der Waals surface area contributed by atoms with Crippen molar-refractivity contribution in [1.29, 1.82) is 0 Å². The van der Waals surface area contributed by atoms with E-state index in [1.807, 2.05) is 30.3 Å². The fourth-order valence-corrected chi connectivity index (χ4v) is 6.04. The first kappa shape index (κ1) is 31.2. The zero-order valence-corrected chi connectivity index (χ0v) is 24.7. The van der Waals surface area contributed by atoms with Crippen molar-refractivity contribution in [1.82, 2.24) is 14.5 Å². The third-order valence-electron chi connectivity index (χ3n) is 6.75. The molecule has 4 rings (SSSR count). The summed E-state index contributed by atoms with van der Waals surface area (Å²) in [5.74, 6) is -0.408. The fraction of sp³-hybridized carbons (Fsp3) is 0.290. The maximum Gasteiger partial charge on any atom is 0.261 e. The van der Waals surface area contributed by atoms with Gasteiger partial charge in [0.15, 0.2) is 6.61 Å². The number of rotatable bonds is 13. The summed E-state index contributed by atoms with van der Waals surface area (Å²) in [6.07, 6.45) is 1.87. The second-order valence-corrected chi connectivity index (χ2v) is 12.0. The fourth-order valence-electron chi connectivity index (χ4n) is 4.50. The molecule has 0 spiro atoms. The van der Waals surface area contributed by atoms with Crippen LogP contribution >= 0.6 is 11.6 Å². The summed E-state index contributed by atoms with van der Waals surface area (Å²) in [4.78, 5) is 28.7. The van der Waals surface area contributed by atoms with Gasteiger partial charge in [-0.1, -0.05) is 60.1 Å². The number of hydrogen-bond donors (Lipinski definition) is 1. The Balaban J connectivity index is 1.53. The first-order valence-electron chi connectivity index (χ1n) is 13.5. The number of amides is 2. The maximum atomic E-state index is 13.7. The molecule has 1 aliphatic heterocycles. The van der Waals surface area contributed by atoms with E-state index >= 15 is 0 Å². The second-order valence-electron chi connectivity index (χ2n) is 9.66. The van der Waals surface area contributed by atoms with Crippen LogP contribution in [0, 0.1) is 0 Å². The zero-order valence-electron chi connectivity index (χ0n) is 23.2. The Kier molecular flexibility index (Phi) is 11.1. The van der Waals surface area contributed by atoms with Crippen molar-refractivity contribution >= 4 is 33.4 Å². The van der Waals surface area contributed by atoms with Gasteiger partial charge in [0, 0.05) is 37.6 Å². The number of benzene rings is 3. The highest BCUT2D eigenvalue weighted by molar-refractivity contribution is 7.89. The lowest BCUT2D eigenvalue weighted by Gasteiger charge is -2.31. The number of carbonyl (C=O) groups excluding carboxylic acids is 2. The number of halogens is 1. The summed E-state index contributed by atoms with van der Waals surface area (Å²) in [7, 11) is -3.66. The van der Waals surface area contributed by atoms with E-state index in [1.165, 1.54) is 33.5 Å². The van der Waals surface area contributed by atoms with E-state index in [9.17, 15) is 18.0 Å². The molecule has 222 valence electrons. The van der Waals surface area contributed by atoms with E-state index < -0.39 is 22.0 Å². The number of sulfonamides is 1. The molecule has 1 heterocycles. The van der Waals surface area contributed by atoms with E-state index in [4.69, 9.17) is 21.1 Å². The largest absolute Gasteiger partial charge is 0.484 e. The van der Waals surface area contributed by atoms with Crippen LogP contribution in [0.1, 0.15) is 11.1 Å². The van der Waals surface area contributed by atoms with Crippen LogP contribution in [-0.2, 0) is 37.3 Å². The summed E-state index contributed by atoms with van der Waals surface area (Å²) in [5, 5.41) is 3.38. The number of carbonyl (C=O) groups is 2. The average Bonchev–Trinajstić information content (AvgIpc) is 3.02. The van der Waals surface area contributed by atoms with Crippen LogP contribution < -0.4 is 10.1 Å². The second kappa shape index (κ2) is 15.0. The molecular formula is C31H34ClN3O6S. The Morgan fingerprint density at radius 2 is 1.67 bits per heavy atom. The standard InChI is InChI=1S/C31H34ClN3O6S/c1-2-16-33-31(37)29(21-24-6-4-3-5-7-24)35(22-25-8-10-26(32)11-9-25)30(36)23-41-27-12-14-28(15-13-27)42(38,39)34-17-19-40-20-18-34/h2-15,29H,1,16-23H2,(H,33,37)/t29-/m1/s1. The summed E-state index contributed by atoms with van der Waals surface area (Å²) < 4.78 is 38.3. The molecule has 0 saturated carbocycles. The third kappa shape index (κ3) is 8.42. The molecule has 1 atom stereocenters. The lowest BCUT2D eigenvalue weighted by molar-refractivity contribution is -0.142. The third-order valence-corrected chi connectivity index (χ3v) is 8.92. The smallest absolute Gasteiger partial charge is 0.261 e. The molecule has 2 amide bonds. The van der Waals surface area contributed by atoms with Gasteiger partial charge in [0.05, 0.1) is 18.1 Å². The summed E-state index contributed by atoms with van der Waals surface area (Å²) >= 11 is 6.07. The van der Waals surface area contributed by atoms with E-state index in [2.05, 4.69) is 11.9 Å². The Bertz CT molecular complexity index is 1440. The summed E-state index contributed by atoms with van der Waals surface area (Å²) in [5.41, 5.74) is 1.68. The van der Waals surface area contributed by atoms with Gasteiger partial charge in [0.1, 0.15) is 11.8 Å². The first-order chi connectivity index (χ1) is 20.3. The Labute approximate surface area is 251 Å². The Morgan fingerprint density at radius 3 is 2.31 bits per heavy atom. The predicted molar refractivity (Wildman–Crippen MR) is 161 cm³/mol. The number of nitrogens with zero attached hydrogens (tertiary/aromatic N) is 2. The molecule has 1 N–H and O–H groups in total. The van der Waals surface area contributed by atoms with E-state index in [0.717, 1.165) is 11.1 Å². The van der Waals surface area contributed by atoms with Crippen LogP contribution in [0.15, 0.2) is 96.4 Å². The molecule has 3 aromatic rings. The van der Waals surface area contributed by atoms with E-state index in [0.29, 0.717) is 37.1 Å². The predicted octanol–water partition coefficient (Wildman–Crippen LogP) is 3.68. The number of nitrogens with one attached hydrogen (secondary N) is 1. The lowest BCUT2D eigenvalue weighted by Crippen LogP contribution is -2.51. The van der Waals surface area contributed by atoms with Gasteiger partial charge in [-0.15, -0.1) is 6.58 Å². The van der Waals surface area contributed by atoms with Crippen molar-refractivity contribution in [3.05, 3.63) is 108 Å². The highest BCUT2D eigenvalue weighted by Gasteiger charge is 2.31. The summed E-state index contributed by atoms with van der Waals surface area (Å²) in [6.45, 7) is 5.01. The molecule has 0 aromatic heterocycles. The van der Waals surface area contributed by atoms with Gasteiger partial charge >= 0.3 is 0 Å². The molecule has 0 aliphatic carbocycles. The minimum Gasteiger partial charge on any atom is -0.484 e. The molecule has 11 heteroatoms. The van der Waals surface area contributed by atoms with Crippen LogP contribution in [0.2, 0.25) is 5.02 Å². The number of morpholine rings is 1. The van der Waals surface area contributed by atoms with Crippen LogP contribution in [0.4, 0.5) is 0 Å². The normalized spacial score (nSPS) is 14.5. The van der Waals surface area contributed by atoms with Crippen molar-refractivity contribution in [3.63, 3.8) is 0 Å². The van der Waals surface area contributed by atoms with Crippen molar-refractivity contribution in [3.8, 4) is 5.75 Å². The van der Waals surface area contributed by atoms with Crippen molar-refractivity contribution < 1.29 is 27.5 Å². The quantitative estimate of drug-likeness (QED) is 0.296.